The van der Waals surface area contributed by atoms with Crippen molar-refractivity contribution in [2.24, 2.45) is 0 Å². The van der Waals surface area contributed by atoms with Crippen LogP contribution in [0.2, 0.25) is 0 Å². The molecule has 5 nitrogen and oxygen atoms in total. The fourth-order valence-electron chi connectivity index (χ4n) is 2.21. The van der Waals surface area contributed by atoms with Crippen molar-refractivity contribution in [3.8, 4) is 17.1 Å². The summed E-state index contributed by atoms with van der Waals surface area (Å²) in [5, 5.41) is 8.41. The van der Waals surface area contributed by atoms with Gasteiger partial charge >= 0.3 is 0 Å². The van der Waals surface area contributed by atoms with Crippen molar-refractivity contribution < 1.29 is 4.74 Å². The van der Waals surface area contributed by atoms with Gasteiger partial charge in [-0.25, -0.2) is 0 Å². The van der Waals surface area contributed by atoms with Gasteiger partial charge < -0.3 is 15.0 Å². The summed E-state index contributed by atoms with van der Waals surface area (Å²) in [4.78, 5) is 0. The monoisotopic (exact) mass is 230 g/mol. The lowest BCUT2D eigenvalue weighted by Gasteiger charge is -2.08. The lowest BCUT2D eigenvalue weighted by Crippen LogP contribution is -1.99. The Balaban J connectivity index is 2.14. The summed E-state index contributed by atoms with van der Waals surface area (Å²) in [6, 6.07) is 5.59. The second-order valence-corrected chi connectivity index (χ2v) is 4.15. The number of aromatic nitrogens is 3. The van der Waals surface area contributed by atoms with Gasteiger partial charge in [0.15, 0.2) is 5.82 Å². The first kappa shape index (κ1) is 10.1. The average Bonchev–Trinajstić information content (AvgIpc) is 2.92. The van der Waals surface area contributed by atoms with E-state index < -0.39 is 0 Å². The molecule has 1 aliphatic rings. The molecule has 0 radical (unpaired) electrons. The fraction of sp³-hybridized carbons (Fsp3) is 0.333. The first-order valence-electron chi connectivity index (χ1n) is 5.65. The SMILES string of the molecule is COc1ccc(N)c(-c2nnc3n2CCC3)c1. The molecule has 0 bridgehead atoms. The molecule has 0 amide bonds. The molecule has 1 aliphatic heterocycles. The molecule has 0 spiro atoms. The summed E-state index contributed by atoms with van der Waals surface area (Å²) >= 11 is 0. The Morgan fingerprint density at radius 2 is 2.24 bits per heavy atom. The largest absolute Gasteiger partial charge is 0.497 e. The minimum atomic E-state index is 0.702. The smallest absolute Gasteiger partial charge is 0.166 e. The van der Waals surface area contributed by atoms with Crippen LogP contribution in [-0.2, 0) is 13.0 Å². The summed E-state index contributed by atoms with van der Waals surface area (Å²) < 4.78 is 7.34. The summed E-state index contributed by atoms with van der Waals surface area (Å²) in [7, 11) is 1.64. The molecule has 1 aromatic heterocycles. The second kappa shape index (κ2) is 3.76. The Bertz CT molecular complexity index is 562. The van der Waals surface area contributed by atoms with E-state index in [0.717, 1.165) is 42.3 Å². The van der Waals surface area contributed by atoms with Crippen LogP contribution in [0, 0.1) is 0 Å². The molecule has 0 atom stereocenters. The van der Waals surface area contributed by atoms with Gasteiger partial charge in [0, 0.05) is 24.2 Å². The van der Waals surface area contributed by atoms with Gasteiger partial charge in [0.1, 0.15) is 11.6 Å². The normalized spacial score (nSPS) is 13.7. The highest BCUT2D eigenvalue weighted by molar-refractivity contribution is 5.73. The minimum Gasteiger partial charge on any atom is -0.497 e. The Labute approximate surface area is 99.2 Å². The number of hydrogen-bond donors (Lipinski definition) is 1. The third-order valence-corrected chi connectivity index (χ3v) is 3.11. The van der Waals surface area contributed by atoms with E-state index in [-0.39, 0.29) is 0 Å². The number of methoxy groups -OCH3 is 1. The minimum absolute atomic E-state index is 0.702. The maximum atomic E-state index is 5.99. The number of aryl methyl sites for hydroxylation is 1. The Morgan fingerprint density at radius 1 is 1.35 bits per heavy atom. The van der Waals surface area contributed by atoms with E-state index in [1.54, 1.807) is 7.11 Å². The van der Waals surface area contributed by atoms with E-state index in [0.29, 0.717) is 5.69 Å². The highest BCUT2D eigenvalue weighted by Crippen LogP contribution is 2.30. The molecule has 2 heterocycles. The maximum absolute atomic E-state index is 5.99. The van der Waals surface area contributed by atoms with Crippen LogP contribution >= 0.6 is 0 Å². The predicted molar refractivity (Wildman–Crippen MR) is 64.7 cm³/mol. The molecular weight excluding hydrogens is 216 g/mol. The van der Waals surface area contributed by atoms with Crippen LogP contribution < -0.4 is 10.5 Å². The fourth-order valence-corrected chi connectivity index (χ4v) is 2.21. The van der Waals surface area contributed by atoms with Gasteiger partial charge in [-0.2, -0.15) is 0 Å². The summed E-state index contributed by atoms with van der Waals surface area (Å²) in [6.07, 6.45) is 2.12. The Kier molecular flexibility index (Phi) is 2.24. The number of rotatable bonds is 2. The van der Waals surface area contributed by atoms with Crippen molar-refractivity contribution >= 4 is 5.69 Å². The zero-order chi connectivity index (χ0) is 11.8. The zero-order valence-electron chi connectivity index (χ0n) is 9.68. The highest BCUT2D eigenvalue weighted by atomic mass is 16.5. The first-order chi connectivity index (χ1) is 8.29. The van der Waals surface area contributed by atoms with Crippen LogP contribution in [0.25, 0.3) is 11.4 Å². The molecule has 0 fully saturated rings. The van der Waals surface area contributed by atoms with Crippen LogP contribution in [0.5, 0.6) is 5.75 Å². The molecule has 2 N–H and O–H groups in total. The lowest BCUT2D eigenvalue weighted by atomic mass is 10.1. The average molecular weight is 230 g/mol. The van der Waals surface area contributed by atoms with Crippen LogP contribution in [0.3, 0.4) is 0 Å². The topological polar surface area (TPSA) is 66.0 Å². The molecule has 0 aliphatic carbocycles. The summed E-state index contributed by atoms with van der Waals surface area (Å²) in [6.45, 7) is 0.967. The van der Waals surface area contributed by atoms with Gasteiger partial charge in [-0.3, -0.25) is 0 Å². The van der Waals surface area contributed by atoms with Crippen LogP contribution in [0.4, 0.5) is 5.69 Å². The number of benzene rings is 1. The van der Waals surface area contributed by atoms with E-state index in [1.165, 1.54) is 0 Å². The summed E-state index contributed by atoms with van der Waals surface area (Å²) in [5.41, 5.74) is 7.59. The number of anilines is 1. The standard InChI is InChI=1S/C12H14N4O/c1-17-8-4-5-10(13)9(7-8)12-15-14-11-3-2-6-16(11)12/h4-5,7H,2-3,6,13H2,1H3. The molecule has 2 aromatic rings. The number of nitrogens with zero attached hydrogens (tertiary/aromatic N) is 3. The van der Waals surface area contributed by atoms with Gasteiger partial charge in [-0.15, -0.1) is 10.2 Å². The van der Waals surface area contributed by atoms with Crippen molar-refractivity contribution in [1.29, 1.82) is 0 Å². The molecule has 1 aromatic carbocycles. The van der Waals surface area contributed by atoms with Crippen molar-refractivity contribution in [2.45, 2.75) is 19.4 Å². The summed E-state index contributed by atoms with van der Waals surface area (Å²) in [5.74, 6) is 2.67. The van der Waals surface area contributed by atoms with Crippen molar-refractivity contribution in [2.75, 3.05) is 12.8 Å². The van der Waals surface area contributed by atoms with Gasteiger partial charge in [0.05, 0.1) is 7.11 Å². The number of ether oxygens (including phenoxy) is 1. The molecule has 5 heteroatoms. The van der Waals surface area contributed by atoms with Crippen molar-refractivity contribution in [1.82, 2.24) is 14.8 Å². The van der Waals surface area contributed by atoms with E-state index in [9.17, 15) is 0 Å². The van der Waals surface area contributed by atoms with E-state index in [4.69, 9.17) is 10.5 Å². The molecule has 0 saturated carbocycles. The number of nitrogen functional groups attached to an aromatic ring is 1. The Morgan fingerprint density at radius 3 is 3.06 bits per heavy atom. The zero-order valence-corrected chi connectivity index (χ0v) is 9.68. The van der Waals surface area contributed by atoms with Crippen molar-refractivity contribution in [3.63, 3.8) is 0 Å². The number of nitrogens with two attached hydrogens (primary N) is 1. The van der Waals surface area contributed by atoms with Crippen LogP contribution in [0.15, 0.2) is 18.2 Å². The second-order valence-electron chi connectivity index (χ2n) is 4.15. The maximum Gasteiger partial charge on any atom is 0.166 e. The quantitative estimate of drug-likeness (QED) is 0.794. The molecule has 88 valence electrons. The number of hydrogen-bond acceptors (Lipinski definition) is 4. The molecular formula is C12H14N4O. The van der Waals surface area contributed by atoms with Gasteiger partial charge in [0.2, 0.25) is 0 Å². The molecule has 0 unspecified atom stereocenters. The van der Waals surface area contributed by atoms with E-state index >= 15 is 0 Å². The van der Waals surface area contributed by atoms with Gasteiger partial charge in [-0.05, 0) is 24.6 Å². The molecule has 17 heavy (non-hydrogen) atoms. The van der Waals surface area contributed by atoms with Crippen LogP contribution in [-0.4, -0.2) is 21.9 Å². The highest BCUT2D eigenvalue weighted by Gasteiger charge is 2.20. The molecule has 3 rings (SSSR count). The Hall–Kier alpha value is -2.04. The predicted octanol–water partition coefficient (Wildman–Crippen LogP) is 1.48. The molecule has 0 saturated heterocycles. The van der Waals surface area contributed by atoms with Crippen LogP contribution in [0.1, 0.15) is 12.2 Å². The van der Waals surface area contributed by atoms with E-state index in [1.807, 2.05) is 18.2 Å². The third kappa shape index (κ3) is 1.54. The van der Waals surface area contributed by atoms with E-state index in [2.05, 4.69) is 14.8 Å². The lowest BCUT2D eigenvalue weighted by molar-refractivity contribution is 0.415. The third-order valence-electron chi connectivity index (χ3n) is 3.11. The first-order valence-corrected chi connectivity index (χ1v) is 5.65. The van der Waals surface area contributed by atoms with Gasteiger partial charge in [-0.1, -0.05) is 0 Å². The number of fused-ring (bicyclic) bond motifs is 1. The van der Waals surface area contributed by atoms with Crippen molar-refractivity contribution in [3.05, 3.63) is 24.0 Å². The van der Waals surface area contributed by atoms with Gasteiger partial charge in [0.25, 0.3) is 0 Å².